The van der Waals surface area contributed by atoms with Gasteiger partial charge in [0, 0.05) is 23.7 Å². The minimum atomic E-state index is -1.06. The largest absolute Gasteiger partial charge is 0.454 e. The van der Waals surface area contributed by atoms with Gasteiger partial charge in [-0.25, -0.2) is 18.8 Å². The van der Waals surface area contributed by atoms with Crippen LogP contribution >= 0.6 is 0 Å². The number of imidazole rings is 1. The molecule has 2 aromatic carbocycles. The molecular weight excluding hydrogens is 420 g/mol. The topological polar surface area (TPSA) is 58.0 Å². The molecule has 7 nitrogen and oxygen atoms in total. The number of allylic oxidation sites excluding steroid dienone is 2. The van der Waals surface area contributed by atoms with E-state index in [4.69, 9.17) is 19.0 Å². The van der Waals surface area contributed by atoms with Crippen LogP contribution in [0.3, 0.4) is 0 Å². The zero-order valence-electron chi connectivity index (χ0n) is 17.3. The van der Waals surface area contributed by atoms with Gasteiger partial charge in [0.1, 0.15) is 17.6 Å². The summed E-state index contributed by atoms with van der Waals surface area (Å²) in [6.07, 6.45) is 5.14. The van der Waals surface area contributed by atoms with E-state index in [-0.39, 0.29) is 18.2 Å². The van der Waals surface area contributed by atoms with Crippen molar-refractivity contribution in [2.45, 2.75) is 13.0 Å². The fourth-order valence-corrected chi connectivity index (χ4v) is 3.64. The molecule has 9 heteroatoms. The lowest BCUT2D eigenvalue weighted by Gasteiger charge is -2.35. The second kappa shape index (κ2) is 8.01. The monoisotopic (exact) mass is 439 g/mol. The summed E-state index contributed by atoms with van der Waals surface area (Å²) in [5, 5.41) is 1.07. The van der Waals surface area contributed by atoms with Gasteiger partial charge in [0.2, 0.25) is 6.79 Å². The molecule has 0 saturated carbocycles. The molecule has 32 heavy (non-hydrogen) atoms. The Morgan fingerprint density at radius 3 is 2.56 bits per heavy atom. The van der Waals surface area contributed by atoms with Crippen LogP contribution in [0.15, 0.2) is 84.3 Å². The van der Waals surface area contributed by atoms with Gasteiger partial charge in [0.05, 0.1) is 13.4 Å². The number of rotatable bonds is 5. The van der Waals surface area contributed by atoms with E-state index in [1.807, 2.05) is 4.57 Å². The maximum atomic E-state index is 15.2. The van der Waals surface area contributed by atoms with Crippen LogP contribution in [0.2, 0.25) is 0 Å². The first-order chi connectivity index (χ1) is 15.6. The molecule has 0 fully saturated rings. The molecule has 0 radical (unpaired) electrons. The Morgan fingerprint density at radius 2 is 1.84 bits per heavy atom. The fraction of sp³-hybridized carbons (Fsp3) is 0.174. The first-order valence-corrected chi connectivity index (χ1v) is 9.82. The van der Waals surface area contributed by atoms with Crippen molar-refractivity contribution in [2.24, 2.45) is 0 Å². The van der Waals surface area contributed by atoms with Crippen LogP contribution in [0, 0.1) is 0 Å². The lowest BCUT2D eigenvalue weighted by atomic mass is 9.99. The number of hydroxylamine groups is 2. The second-order valence-corrected chi connectivity index (χ2v) is 7.18. The highest BCUT2D eigenvalue weighted by Crippen LogP contribution is 2.45. The number of aromatic nitrogens is 2. The first kappa shape index (κ1) is 20.1. The molecule has 2 aliphatic rings. The molecule has 0 spiro atoms. The predicted molar refractivity (Wildman–Crippen MR) is 110 cm³/mol. The third-order valence-electron chi connectivity index (χ3n) is 5.31. The number of benzene rings is 2. The van der Waals surface area contributed by atoms with E-state index in [0.29, 0.717) is 22.8 Å². The van der Waals surface area contributed by atoms with Crippen molar-refractivity contribution in [3.8, 4) is 22.9 Å². The van der Waals surface area contributed by atoms with Crippen LogP contribution < -0.4 is 14.2 Å². The molecule has 0 saturated heterocycles. The molecule has 0 bridgehead atoms. The third kappa shape index (κ3) is 3.36. The van der Waals surface area contributed by atoms with Crippen molar-refractivity contribution in [1.82, 2.24) is 14.6 Å². The Balaban J connectivity index is 1.48. The van der Waals surface area contributed by atoms with E-state index in [1.165, 1.54) is 14.0 Å². The summed E-state index contributed by atoms with van der Waals surface area (Å²) in [7, 11) is 1.33. The number of ether oxygens (including phenoxy) is 3. The summed E-state index contributed by atoms with van der Waals surface area (Å²) < 4.78 is 48.7. The number of halogens is 2. The molecule has 1 unspecified atom stereocenters. The SMILES string of the molecule is CON1C(Oc2ccc(-n3ccnc3)cc2)=C(F)C(C)=C(F)C1c1ccc2c(c1)OCO2. The summed E-state index contributed by atoms with van der Waals surface area (Å²) in [6, 6.07) is 10.9. The average molecular weight is 439 g/mol. The van der Waals surface area contributed by atoms with Gasteiger partial charge < -0.3 is 18.8 Å². The minimum Gasteiger partial charge on any atom is -0.454 e. The van der Waals surface area contributed by atoms with Crippen LogP contribution in [0.5, 0.6) is 17.2 Å². The Labute approximate surface area is 182 Å². The van der Waals surface area contributed by atoms with Crippen LogP contribution in [-0.2, 0) is 4.84 Å². The number of nitrogens with zero attached hydrogens (tertiary/aromatic N) is 3. The predicted octanol–water partition coefficient (Wildman–Crippen LogP) is 4.98. The molecule has 1 atom stereocenters. The molecule has 0 aliphatic carbocycles. The van der Waals surface area contributed by atoms with Gasteiger partial charge in [0.25, 0.3) is 5.88 Å². The maximum absolute atomic E-state index is 15.2. The highest BCUT2D eigenvalue weighted by molar-refractivity contribution is 5.48. The molecular formula is C23H19F2N3O4. The molecule has 3 heterocycles. The van der Waals surface area contributed by atoms with Crippen LogP contribution in [-0.4, -0.2) is 28.5 Å². The number of hydrogen-bond acceptors (Lipinski definition) is 6. The zero-order valence-corrected chi connectivity index (χ0v) is 17.3. The number of hydrogen-bond donors (Lipinski definition) is 0. The van der Waals surface area contributed by atoms with Crippen LogP contribution in [0.25, 0.3) is 5.69 Å². The summed E-state index contributed by atoms with van der Waals surface area (Å²) >= 11 is 0. The van der Waals surface area contributed by atoms with Crippen molar-refractivity contribution in [1.29, 1.82) is 0 Å². The van der Waals surface area contributed by atoms with E-state index in [2.05, 4.69) is 4.98 Å². The van der Waals surface area contributed by atoms with Gasteiger partial charge in [-0.3, -0.25) is 4.84 Å². The fourth-order valence-electron chi connectivity index (χ4n) is 3.64. The van der Waals surface area contributed by atoms with Gasteiger partial charge in [-0.2, -0.15) is 0 Å². The maximum Gasteiger partial charge on any atom is 0.257 e. The lowest BCUT2D eigenvalue weighted by Crippen LogP contribution is -2.34. The third-order valence-corrected chi connectivity index (χ3v) is 5.31. The molecule has 5 rings (SSSR count). The smallest absolute Gasteiger partial charge is 0.257 e. The average Bonchev–Trinajstić information content (AvgIpc) is 3.51. The van der Waals surface area contributed by atoms with E-state index in [0.717, 1.165) is 10.8 Å². The molecule has 0 N–H and O–H groups in total. The Morgan fingerprint density at radius 1 is 1.06 bits per heavy atom. The normalized spacial score (nSPS) is 17.9. The van der Waals surface area contributed by atoms with E-state index in [1.54, 1.807) is 61.2 Å². The minimum absolute atomic E-state index is 0.0900. The van der Waals surface area contributed by atoms with Crippen LogP contribution in [0.4, 0.5) is 8.78 Å². The van der Waals surface area contributed by atoms with Gasteiger partial charge in [-0.15, -0.1) is 0 Å². The molecule has 3 aromatic rings. The molecule has 0 amide bonds. The van der Waals surface area contributed by atoms with Crippen molar-refractivity contribution >= 4 is 0 Å². The first-order valence-electron chi connectivity index (χ1n) is 9.82. The second-order valence-electron chi connectivity index (χ2n) is 7.18. The lowest BCUT2D eigenvalue weighted by molar-refractivity contribution is -0.158. The van der Waals surface area contributed by atoms with Crippen molar-refractivity contribution in [3.05, 3.63) is 89.9 Å². The molecule has 2 aliphatic heterocycles. The quantitative estimate of drug-likeness (QED) is 0.559. The summed E-state index contributed by atoms with van der Waals surface area (Å²) in [4.78, 5) is 9.40. The highest BCUT2D eigenvalue weighted by atomic mass is 19.1. The van der Waals surface area contributed by atoms with Gasteiger partial charge in [-0.05, 0) is 48.9 Å². The molecule has 1 aromatic heterocycles. The van der Waals surface area contributed by atoms with Crippen molar-refractivity contribution < 1.29 is 27.8 Å². The highest BCUT2D eigenvalue weighted by Gasteiger charge is 2.38. The van der Waals surface area contributed by atoms with Crippen LogP contribution in [0.1, 0.15) is 18.5 Å². The Bertz CT molecular complexity index is 1210. The van der Waals surface area contributed by atoms with Crippen molar-refractivity contribution in [2.75, 3.05) is 13.9 Å². The standard InChI is InChI=1S/C23H19F2N3O4/c1-14-20(24)22(15-3-8-18-19(11-15)31-13-30-18)28(29-2)23(21(14)25)32-17-6-4-16(5-7-17)27-10-9-26-12-27/h3-12,22H,13H2,1-2H3. The van der Waals surface area contributed by atoms with E-state index < -0.39 is 17.7 Å². The summed E-state index contributed by atoms with van der Waals surface area (Å²) in [6.45, 7) is 1.45. The van der Waals surface area contributed by atoms with E-state index >= 15 is 8.78 Å². The van der Waals surface area contributed by atoms with Crippen molar-refractivity contribution in [3.63, 3.8) is 0 Å². The van der Waals surface area contributed by atoms with E-state index in [9.17, 15) is 0 Å². The zero-order chi connectivity index (χ0) is 22.2. The Hall–Kier alpha value is -3.85. The van der Waals surface area contributed by atoms with Gasteiger partial charge in [0.15, 0.2) is 17.3 Å². The number of fused-ring (bicyclic) bond motifs is 1. The Kier molecular flexibility index (Phi) is 5.02. The van der Waals surface area contributed by atoms with Gasteiger partial charge in [-0.1, -0.05) is 6.07 Å². The molecule has 164 valence electrons. The summed E-state index contributed by atoms with van der Waals surface area (Å²) in [5.41, 5.74) is 1.19. The summed E-state index contributed by atoms with van der Waals surface area (Å²) in [5.74, 6) is -0.376. The van der Waals surface area contributed by atoms with Gasteiger partial charge >= 0.3 is 0 Å².